The van der Waals surface area contributed by atoms with Crippen molar-refractivity contribution in [1.29, 1.82) is 0 Å². The lowest BCUT2D eigenvalue weighted by Gasteiger charge is -2.36. The van der Waals surface area contributed by atoms with E-state index in [1.165, 1.54) is 11.3 Å². The molecule has 5 nitrogen and oxygen atoms in total. The molecule has 1 aromatic carbocycles. The third kappa shape index (κ3) is 4.13. The normalized spacial score (nSPS) is 22.2. The first kappa shape index (κ1) is 20.6. The fraction of sp³-hybridized carbons (Fsp3) is 0.455. The summed E-state index contributed by atoms with van der Waals surface area (Å²) in [5.41, 5.74) is 1.34. The smallest absolute Gasteiger partial charge is 0.348 e. The lowest BCUT2D eigenvalue weighted by Crippen LogP contribution is -2.46. The van der Waals surface area contributed by atoms with E-state index in [0.29, 0.717) is 24.4 Å². The van der Waals surface area contributed by atoms with Gasteiger partial charge >= 0.3 is 5.97 Å². The predicted molar refractivity (Wildman–Crippen MR) is 112 cm³/mol. The summed E-state index contributed by atoms with van der Waals surface area (Å²) >= 11 is 1.18. The van der Waals surface area contributed by atoms with Crippen LogP contribution in [0.15, 0.2) is 36.4 Å². The van der Waals surface area contributed by atoms with Crippen LogP contribution >= 0.6 is 11.3 Å². The standard InChI is InChI=1S/C22H27NO4S/c1-13(2)23(21(25)16-10-9-14(3)11-18(16)24)17-12-19(28-20(17)22(26)27)15-7-5-4-6-8-15/h4-8,12-14,16,18,24H,9-11H2,1-3H3,(H,26,27)/t14-,16-,18+/m1/s1. The summed E-state index contributed by atoms with van der Waals surface area (Å²) < 4.78 is 0. The van der Waals surface area contributed by atoms with Gasteiger partial charge in [0.05, 0.1) is 17.7 Å². The summed E-state index contributed by atoms with van der Waals surface area (Å²) in [7, 11) is 0. The number of carbonyl (C=O) groups excluding carboxylic acids is 1. The van der Waals surface area contributed by atoms with Crippen LogP contribution in [0.4, 0.5) is 5.69 Å². The molecule has 0 aliphatic heterocycles. The summed E-state index contributed by atoms with van der Waals surface area (Å²) in [5, 5.41) is 20.2. The van der Waals surface area contributed by atoms with Gasteiger partial charge in [-0.25, -0.2) is 4.79 Å². The molecule has 2 N–H and O–H groups in total. The number of aromatic carboxylic acids is 1. The van der Waals surface area contributed by atoms with E-state index in [-0.39, 0.29) is 16.8 Å². The lowest BCUT2D eigenvalue weighted by atomic mass is 9.80. The Balaban J connectivity index is 2.01. The fourth-order valence-corrected chi connectivity index (χ4v) is 4.92. The molecule has 1 saturated carbocycles. The largest absolute Gasteiger partial charge is 0.477 e. The number of amides is 1. The van der Waals surface area contributed by atoms with Crippen LogP contribution in [-0.2, 0) is 4.79 Å². The highest BCUT2D eigenvalue weighted by molar-refractivity contribution is 7.18. The molecule has 1 aliphatic rings. The minimum absolute atomic E-state index is 0.152. The highest BCUT2D eigenvalue weighted by Gasteiger charge is 2.38. The van der Waals surface area contributed by atoms with Crippen LogP contribution in [0.3, 0.4) is 0 Å². The third-order valence-electron chi connectivity index (χ3n) is 5.37. The van der Waals surface area contributed by atoms with Crippen molar-refractivity contribution in [3.05, 3.63) is 41.3 Å². The summed E-state index contributed by atoms with van der Waals surface area (Å²) in [4.78, 5) is 27.8. The second-order valence-corrected chi connectivity index (χ2v) is 8.94. The molecule has 1 heterocycles. The number of aliphatic hydroxyl groups excluding tert-OH is 1. The van der Waals surface area contributed by atoms with E-state index < -0.39 is 18.0 Å². The Morgan fingerprint density at radius 1 is 1.18 bits per heavy atom. The van der Waals surface area contributed by atoms with E-state index in [4.69, 9.17) is 0 Å². The van der Waals surface area contributed by atoms with E-state index in [1.807, 2.05) is 44.2 Å². The number of aliphatic hydroxyl groups is 1. The van der Waals surface area contributed by atoms with Crippen molar-refractivity contribution < 1.29 is 19.8 Å². The highest BCUT2D eigenvalue weighted by atomic mass is 32.1. The third-order valence-corrected chi connectivity index (χ3v) is 6.54. The Morgan fingerprint density at radius 2 is 1.86 bits per heavy atom. The molecule has 28 heavy (non-hydrogen) atoms. The van der Waals surface area contributed by atoms with Gasteiger partial charge in [-0.2, -0.15) is 0 Å². The summed E-state index contributed by atoms with van der Waals surface area (Å²) in [6.45, 7) is 5.83. The molecule has 0 unspecified atom stereocenters. The lowest BCUT2D eigenvalue weighted by molar-refractivity contribution is -0.128. The molecule has 0 spiro atoms. The van der Waals surface area contributed by atoms with Crippen molar-refractivity contribution in [3.8, 4) is 10.4 Å². The highest BCUT2D eigenvalue weighted by Crippen LogP contribution is 2.39. The molecule has 0 radical (unpaired) electrons. The van der Waals surface area contributed by atoms with Crippen LogP contribution in [0.2, 0.25) is 0 Å². The topological polar surface area (TPSA) is 77.8 Å². The van der Waals surface area contributed by atoms with E-state index in [1.54, 1.807) is 11.0 Å². The van der Waals surface area contributed by atoms with Gasteiger partial charge in [0.15, 0.2) is 0 Å². The Hall–Kier alpha value is -2.18. The molecule has 3 rings (SSSR count). The number of anilines is 1. The van der Waals surface area contributed by atoms with Crippen molar-refractivity contribution in [1.82, 2.24) is 0 Å². The van der Waals surface area contributed by atoms with E-state index in [9.17, 15) is 19.8 Å². The van der Waals surface area contributed by atoms with Gasteiger partial charge in [0.2, 0.25) is 5.91 Å². The van der Waals surface area contributed by atoms with Crippen molar-refractivity contribution in [3.63, 3.8) is 0 Å². The Labute approximate surface area is 169 Å². The van der Waals surface area contributed by atoms with Crippen molar-refractivity contribution in [2.45, 2.75) is 52.2 Å². The van der Waals surface area contributed by atoms with Crippen LogP contribution in [0.5, 0.6) is 0 Å². The van der Waals surface area contributed by atoms with Gasteiger partial charge in [0.25, 0.3) is 0 Å². The molecule has 0 saturated heterocycles. The van der Waals surface area contributed by atoms with Crippen LogP contribution in [0, 0.1) is 11.8 Å². The molecule has 1 amide bonds. The molecule has 1 aliphatic carbocycles. The average Bonchev–Trinajstić information content (AvgIpc) is 3.07. The second kappa shape index (κ2) is 8.45. The van der Waals surface area contributed by atoms with Gasteiger partial charge in [-0.15, -0.1) is 11.3 Å². The molecule has 3 atom stereocenters. The number of nitrogens with zero attached hydrogens (tertiary/aromatic N) is 1. The van der Waals surface area contributed by atoms with Crippen LogP contribution < -0.4 is 4.90 Å². The number of carboxylic acid groups (broad SMARTS) is 1. The SMILES string of the molecule is CC(C)N(C(=O)[C@@H]1CC[C@@H](C)C[C@@H]1O)c1cc(-c2ccccc2)sc1C(=O)O. The number of benzene rings is 1. The maximum Gasteiger partial charge on any atom is 0.348 e. The van der Waals surface area contributed by atoms with Crippen LogP contribution in [0.1, 0.15) is 49.7 Å². The monoisotopic (exact) mass is 401 g/mol. The van der Waals surface area contributed by atoms with Gasteiger partial charge in [-0.1, -0.05) is 37.3 Å². The second-order valence-electron chi connectivity index (χ2n) is 7.89. The zero-order valence-corrected chi connectivity index (χ0v) is 17.3. The van der Waals surface area contributed by atoms with Crippen molar-refractivity contribution in [2.75, 3.05) is 4.90 Å². The molecule has 0 bridgehead atoms. The first-order chi connectivity index (χ1) is 13.3. The van der Waals surface area contributed by atoms with Gasteiger partial charge in [-0.05, 0) is 50.7 Å². The molecule has 150 valence electrons. The van der Waals surface area contributed by atoms with Gasteiger partial charge in [-0.3, -0.25) is 4.79 Å². The van der Waals surface area contributed by atoms with Crippen molar-refractivity contribution >= 4 is 28.9 Å². The Morgan fingerprint density at radius 3 is 2.43 bits per heavy atom. The summed E-state index contributed by atoms with van der Waals surface area (Å²) in [6.07, 6.45) is 1.44. The number of hydrogen-bond donors (Lipinski definition) is 2. The van der Waals surface area contributed by atoms with Gasteiger partial charge in [0.1, 0.15) is 4.88 Å². The molecular weight excluding hydrogens is 374 g/mol. The average molecular weight is 402 g/mol. The first-order valence-electron chi connectivity index (χ1n) is 9.73. The number of carboxylic acids is 1. The Kier molecular flexibility index (Phi) is 6.20. The van der Waals surface area contributed by atoms with Gasteiger partial charge < -0.3 is 15.1 Å². The molecule has 1 fully saturated rings. The molecular formula is C22H27NO4S. The minimum atomic E-state index is -1.04. The molecule has 6 heteroatoms. The Bertz CT molecular complexity index is 845. The number of thiophene rings is 1. The molecule has 1 aromatic heterocycles. The quantitative estimate of drug-likeness (QED) is 0.764. The maximum absolute atomic E-state index is 13.4. The number of carbonyl (C=O) groups is 2. The number of rotatable bonds is 5. The van der Waals surface area contributed by atoms with Gasteiger partial charge in [0, 0.05) is 10.9 Å². The summed E-state index contributed by atoms with van der Waals surface area (Å²) in [6, 6.07) is 11.1. The van der Waals surface area contributed by atoms with E-state index >= 15 is 0 Å². The van der Waals surface area contributed by atoms with E-state index in [2.05, 4.69) is 6.92 Å². The minimum Gasteiger partial charge on any atom is -0.477 e. The van der Waals surface area contributed by atoms with E-state index in [0.717, 1.165) is 16.9 Å². The fourth-order valence-electron chi connectivity index (χ4n) is 3.93. The zero-order chi connectivity index (χ0) is 20.4. The maximum atomic E-state index is 13.4. The van der Waals surface area contributed by atoms with Crippen LogP contribution in [-0.4, -0.2) is 34.2 Å². The molecule has 2 aromatic rings. The van der Waals surface area contributed by atoms with Crippen molar-refractivity contribution in [2.24, 2.45) is 11.8 Å². The first-order valence-corrected chi connectivity index (χ1v) is 10.5. The van der Waals surface area contributed by atoms with Crippen LogP contribution in [0.25, 0.3) is 10.4 Å². The predicted octanol–water partition coefficient (Wildman–Crippen LogP) is 4.65. The number of hydrogen-bond acceptors (Lipinski definition) is 4. The zero-order valence-electron chi connectivity index (χ0n) is 16.5. The summed E-state index contributed by atoms with van der Waals surface area (Å²) in [5.74, 6) is -1.32.